The van der Waals surface area contributed by atoms with E-state index in [9.17, 15) is 13.2 Å². The van der Waals surface area contributed by atoms with E-state index in [1.54, 1.807) is 6.26 Å². The van der Waals surface area contributed by atoms with E-state index in [0.29, 0.717) is 52.5 Å². The first kappa shape index (κ1) is 21.6. The summed E-state index contributed by atoms with van der Waals surface area (Å²) in [6, 6.07) is 2.27. The van der Waals surface area contributed by atoms with Gasteiger partial charge in [0.2, 0.25) is 0 Å². The predicted molar refractivity (Wildman–Crippen MR) is 97.6 cm³/mol. The fourth-order valence-corrected chi connectivity index (χ4v) is 2.87. The lowest BCUT2D eigenvalue weighted by Gasteiger charge is -2.39. The molecule has 1 aliphatic heterocycles. The molecule has 0 bridgehead atoms. The van der Waals surface area contributed by atoms with Crippen molar-refractivity contribution in [2.24, 2.45) is 4.99 Å². The molecular formula is C18H29F3N4O2. The number of piperazine rings is 1. The molecule has 1 aromatic heterocycles. The number of rotatable bonds is 8. The van der Waals surface area contributed by atoms with Gasteiger partial charge in [0.05, 0.1) is 6.26 Å². The number of hydrogen-bond donors (Lipinski definition) is 1. The van der Waals surface area contributed by atoms with Crippen LogP contribution in [0.25, 0.3) is 0 Å². The number of aliphatic imine (C=N–C) groups is 1. The molecule has 154 valence electrons. The van der Waals surface area contributed by atoms with Crippen LogP contribution in [0.4, 0.5) is 13.2 Å². The molecule has 0 amide bonds. The minimum absolute atomic E-state index is 0.372. The summed E-state index contributed by atoms with van der Waals surface area (Å²) in [5, 5.41) is 3.22. The second-order valence-electron chi connectivity index (χ2n) is 6.46. The molecule has 2 heterocycles. The second-order valence-corrected chi connectivity index (χ2v) is 6.46. The molecule has 6 nitrogen and oxygen atoms in total. The van der Waals surface area contributed by atoms with Crippen molar-refractivity contribution in [3.63, 3.8) is 0 Å². The number of hydrogen-bond acceptors (Lipinski definition) is 4. The maximum atomic E-state index is 12.9. The molecule has 9 heteroatoms. The average Bonchev–Trinajstić information content (AvgIpc) is 3.16. The number of guanidine groups is 1. The van der Waals surface area contributed by atoms with E-state index in [1.165, 1.54) is 11.8 Å². The summed E-state index contributed by atoms with van der Waals surface area (Å²) < 4.78 is 49.3. The Balaban J connectivity index is 1.73. The van der Waals surface area contributed by atoms with E-state index in [-0.39, 0.29) is 0 Å². The Kier molecular flexibility index (Phi) is 8.43. The molecule has 1 aliphatic rings. The van der Waals surface area contributed by atoms with Gasteiger partial charge in [0.25, 0.3) is 0 Å². The van der Waals surface area contributed by atoms with Crippen molar-refractivity contribution in [2.75, 3.05) is 45.9 Å². The van der Waals surface area contributed by atoms with Gasteiger partial charge in [0, 0.05) is 45.9 Å². The summed E-state index contributed by atoms with van der Waals surface area (Å²) in [4.78, 5) is 8.07. The van der Waals surface area contributed by atoms with Crippen LogP contribution in [0.1, 0.15) is 26.0 Å². The third kappa shape index (κ3) is 7.06. The number of furan rings is 1. The molecule has 1 N–H and O–H groups in total. The van der Waals surface area contributed by atoms with Gasteiger partial charge >= 0.3 is 6.18 Å². The third-order valence-corrected chi connectivity index (χ3v) is 4.50. The zero-order valence-corrected chi connectivity index (χ0v) is 16.0. The van der Waals surface area contributed by atoms with E-state index in [2.05, 4.69) is 10.3 Å². The Labute approximate surface area is 158 Å². The van der Waals surface area contributed by atoms with Crippen LogP contribution >= 0.6 is 0 Å². The van der Waals surface area contributed by atoms with Crippen molar-refractivity contribution in [3.8, 4) is 0 Å². The first-order valence-electron chi connectivity index (χ1n) is 9.36. The smallest absolute Gasteiger partial charge is 0.403 e. The molecule has 1 aromatic rings. The van der Waals surface area contributed by atoms with Crippen LogP contribution in [-0.2, 0) is 11.3 Å². The van der Waals surface area contributed by atoms with Crippen LogP contribution < -0.4 is 5.32 Å². The van der Waals surface area contributed by atoms with E-state index >= 15 is 0 Å². The maximum Gasteiger partial charge on any atom is 0.403 e. The van der Waals surface area contributed by atoms with Crippen LogP contribution in [-0.4, -0.2) is 73.9 Å². The SMILES string of the molecule is CCNC(=NCCCOCc1ccco1)N1CCN(C(C)C(F)(F)F)CC1. The second kappa shape index (κ2) is 10.6. The molecule has 0 saturated carbocycles. The Morgan fingerprint density at radius 3 is 2.67 bits per heavy atom. The molecule has 0 aromatic carbocycles. The minimum atomic E-state index is -4.18. The highest BCUT2D eigenvalue weighted by atomic mass is 19.4. The van der Waals surface area contributed by atoms with Gasteiger partial charge in [0.15, 0.2) is 5.96 Å². The van der Waals surface area contributed by atoms with Crippen molar-refractivity contribution in [1.82, 2.24) is 15.1 Å². The fraction of sp³-hybridized carbons (Fsp3) is 0.722. The van der Waals surface area contributed by atoms with Crippen molar-refractivity contribution in [2.45, 2.75) is 39.1 Å². The van der Waals surface area contributed by atoms with Crippen LogP contribution in [0, 0.1) is 0 Å². The lowest BCUT2D eigenvalue weighted by Crippen LogP contribution is -2.56. The Morgan fingerprint density at radius 1 is 1.33 bits per heavy atom. The van der Waals surface area contributed by atoms with Crippen LogP contribution in [0.5, 0.6) is 0 Å². The maximum absolute atomic E-state index is 12.9. The standard InChI is InChI=1S/C18H29F3N4O2/c1-3-22-17(23-7-5-12-26-14-16-6-4-13-27-16)25-10-8-24(9-11-25)15(2)18(19,20)21/h4,6,13,15H,3,5,7-12,14H2,1-2H3,(H,22,23). The van der Waals surface area contributed by atoms with Crippen molar-refractivity contribution >= 4 is 5.96 Å². The normalized spacial score (nSPS) is 18.0. The molecular weight excluding hydrogens is 361 g/mol. The molecule has 1 atom stereocenters. The lowest BCUT2D eigenvalue weighted by atomic mass is 10.2. The van der Waals surface area contributed by atoms with Crippen molar-refractivity contribution in [3.05, 3.63) is 24.2 Å². The molecule has 27 heavy (non-hydrogen) atoms. The number of nitrogens with zero attached hydrogens (tertiary/aromatic N) is 3. The van der Waals surface area contributed by atoms with Gasteiger partial charge in [-0.2, -0.15) is 13.2 Å². The fourth-order valence-electron chi connectivity index (χ4n) is 2.87. The number of nitrogens with one attached hydrogen (secondary N) is 1. The lowest BCUT2D eigenvalue weighted by molar-refractivity contribution is -0.181. The van der Waals surface area contributed by atoms with E-state index in [1.807, 2.05) is 24.0 Å². The Hall–Kier alpha value is -1.74. The highest BCUT2D eigenvalue weighted by Gasteiger charge is 2.41. The van der Waals surface area contributed by atoms with Gasteiger partial charge in [-0.15, -0.1) is 0 Å². The van der Waals surface area contributed by atoms with Crippen LogP contribution in [0.3, 0.4) is 0 Å². The first-order chi connectivity index (χ1) is 12.9. The molecule has 1 saturated heterocycles. The average molecular weight is 390 g/mol. The van der Waals surface area contributed by atoms with E-state index in [4.69, 9.17) is 9.15 Å². The molecule has 2 rings (SSSR count). The topological polar surface area (TPSA) is 53.2 Å². The number of halogens is 3. The van der Waals surface area contributed by atoms with Gasteiger partial charge in [-0.25, -0.2) is 0 Å². The van der Waals surface area contributed by atoms with E-state index < -0.39 is 12.2 Å². The number of alkyl halides is 3. The van der Waals surface area contributed by atoms with Gasteiger partial charge in [-0.3, -0.25) is 9.89 Å². The summed E-state index contributed by atoms with van der Waals surface area (Å²) in [6.07, 6.45) is -1.81. The molecule has 0 radical (unpaired) electrons. The van der Waals surface area contributed by atoms with Gasteiger partial charge in [-0.05, 0) is 32.4 Å². The monoisotopic (exact) mass is 390 g/mol. The zero-order chi connectivity index (χ0) is 19.7. The summed E-state index contributed by atoms with van der Waals surface area (Å²) in [7, 11) is 0. The summed E-state index contributed by atoms with van der Waals surface area (Å²) in [5.41, 5.74) is 0. The highest BCUT2D eigenvalue weighted by Crippen LogP contribution is 2.25. The molecule has 0 aliphatic carbocycles. The summed E-state index contributed by atoms with van der Waals surface area (Å²) >= 11 is 0. The predicted octanol–water partition coefficient (Wildman–Crippen LogP) is 2.72. The van der Waals surface area contributed by atoms with Crippen LogP contribution in [0.2, 0.25) is 0 Å². The number of ether oxygens (including phenoxy) is 1. The van der Waals surface area contributed by atoms with Crippen molar-refractivity contribution < 1.29 is 22.3 Å². The zero-order valence-electron chi connectivity index (χ0n) is 16.0. The largest absolute Gasteiger partial charge is 0.467 e. The highest BCUT2D eigenvalue weighted by molar-refractivity contribution is 5.80. The Morgan fingerprint density at radius 2 is 2.07 bits per heavy atom. The summed E-state index contributed by atoms with van der Waals surface area (Å²) in [5.74, 6) is 1.54. The molecule has 1 fully saturated rings. The van der Waals surface area contributed by atoms with Crippen LogP contribution in [0.15, 0.2) is 27.8 Å². The molecule has 1 unspecified atom stereocenters. The van der Waals surface area contributed by atoms with E-state index in [0.717, 1.165) is 18.1 Å². The van der Waals surface area contributed by atoms with Gasteiger partial charge in [-0.1, -0.05) is 0 Å². The van der Waals surface area contributed by atoms with Gasteiger partial charge < -0.3 is 19.4 Å². The Bertz CT molecular complexity index is 555. The molecule has 0 spiro atoms. The summed E-state index contributed by atoms with van der Waals surface area (Å²) in [6.45, 7) is 7.32. The quantitative estimate of drug-likeness (QED) is 0.420. The first-order valence-corrected chi connectivity index (χ1v) is 9.36. The third-order valence-electron chi connectivity index (χ3n) is 4.50. The van der Waals surface area contributed by atoms with Crippen molar-refractivity contribution in [1.29, 1.82) is 0 Å². The van der Waals surface area contributed by atoms with Gasteiger partial charge in [0.1, 0.15) is 18.4 Å². The minimum Gasteiger partial charge on any atom is -0.467 e.